The molecular weight excluding hydrogens is 230 g/mol. The first-order valence-corrected chi connectivity index (χ1v) is 6.22. The van der Waals surface area contributed by atoms with Crippen molar-refractivity contribution < 1.29 is 9.90 Å². The number of thiophene rings is 1. The second-order valence-corrected chi connectivity index (χ2v) is 4.99. The van der Waals surface area contributed by atoms with E-state index in [1.54, 1.807) is 16.7 Å². The number of nitrogens with zero attached hydrogens (tertiary/aromatic N) is 1. The number of hydrogen-bond donors (Lipinski definition) is 1. The number of carbonyl (C=O) groups is 1. The van der Waals surface area contributed by atoms with Crippen molar-refractivity contribution >= 4 is 28.6 Å². The van der Waals surface area contributed by atoms with E-state index in [9.17, 15) is 4.79 Å². The molecule has 3 nitrogen and oxygen atoms in total. The maximum Gasteiger partial charge on any atom is 0.355 e. The number of aryl methyl sites for hydroxylation is 2. The molecule has 0 saturated carbocycles. The SMILES string of the molecule is O=C(O)c1csc(CCc2cccs2)n1. The fourth-order valence-electron chi connectivity index (χ4n) is 1.21. The normalized spacial score (nSPS) is 10.4. The Labute approximate surface area is 95.0 Å². The first kappa shape index (κ1) is 10.3. The lowest BCUT2D eigenvalue weighted by Crippen LogP contribution is -1.97. The van der Waals surface area contributed by atoms with Crippen LogP contribution < -0.4 is 0 Å². The molecule has 2 heterocycles. The zero-order chi connectivity index (χ0) is 10.7. The van der Waals surface area contributed by atoms with Crippen LogP contribution in [0.2, 0.25) is 0 Å². The fraction of sp³-hybridized carbons (Fsp3) is 0.200. The Morgan fingerprint density at radius 2 is 2.27 bits per heavy atom. The summed E-state index contributed by atoms with van der Waals surface area (Å²) in [5.41, 5.74) is 0.154. The molecule has 0 spiro atoms. The van der Waals surface area contributed by atoms with Gasteiger partial charge in [0.15, 0.2) is 5.69 Å². The van der Waals surface area contributed by atoms with Crippen LogP contribution in [0.1, 0.15) is 20.4 Å². The van der Waals surface area contributed by atoms with E-state index in [1.807, 2.05) is 11.4 Å². The minimum Gasteiger partial charge on any atom is -0.476 e. The van der Waals surface area contributed by atoms with Gasteiger partial charge in [-0.25, -0.2) is 9.78 Å². The van der Waals surface area contributed by atoms with Crippen molar-refractivity contribution in [1.29, 1.82) is 0 Å². The standard InChI is InChI=1S/C10H9NO2S2/c12-10(13)8-6-15-9(11-8)4-3-7-2-1-5-14-7/h1-2,5-6H,3-4H2,(H,12,13). The Morgan fingerprint density at radius 3 is 2.87 bits per heavy atom. The topological polar surface area (TPSA) is 50.2 Å². The Hall–Kier alpha value is -1.20. The summed E-state index contributed by atoms with van der Waals surface area (Å²) in [6, 6.07) is 4.10. The highest BCUT2D eigenvalue weighted by Gasteiger charge is 2.08. The number of carboxylic acids is 1. The summed E-state index contributed by atoms with van der Waals surface area (Å²) in [6.07, 6.45) is 1.75. The molecule has 0 aliphatic carbocycles. The molecule has 0 radical (unpaired) electrons. The maximum absolute atomic E-state index is 10.6. The molecule has 0 bridgehead atoms. The van der Waals surface area contributed by atoms with Gasteiger partial charge in [0.2, 0.25) is 0 Å². The van der Waals surface area contributed by atoms with Crippen molar-refractivity contribution in [2.75, 3.05) is 0 Å². The van der Waals surface area contributed by atoms with Crippen LogP contribution in [-0.4, -0.2) is 16.1 Å². The first-order chi connectivity index (χ1) is 7.25. The van der Waals surface area contributed by atoms with Crippen LogP contribution in [0.25, 0.3) is 0 Å². The molecule has 2 aromatic rings. The number of rotatable bonds is 4. The fourth-order valence-corrected chi connectivity index (χ4v) is 2.69. The highest BCUT2D eigenvalue weighted by molar-refractivity contribution is 7.10. The molecule has 78 valence electrons. The van der Waals surface area contributed by atoms with Gasteiger partial charge in [-0.1, -0.05) is 6.07 Å². The second kappa shape index (κ2) is 4.55. The number of aromatic carboxylic acids is 1. The van der Waals surface area contributed by atoms with Gasteiger partial charge in [-0.3, -0.25) is 0 Å². The van der Waals surface area contributed by atoms with Crippen LogP contribution in [0.4, 0.5) is 0 Å². The Morgan fingerprint density at radius 1 is 1.40 bits per heavy atom. The van der Waals surface area contributed by atoms with Crippen molar-refractivity contribution in [2.45, 2.75) is 12.8 Å². The minimum atomic E-state index is -0.950. The van der Waals surface area contributed by atoms with Gasteiger partial charge in [0.1, 0.15) is 0 Å². The number of hydrogen-bond acceptors (Lipinski definition) is 4. The van der Waals surface area contributed by atoms with Gasteiger partial charge in [-0.05, 0) is 17.9 Å². The zero-order valence-corrected chi connectivity index (χ0v) is 9.48. The maximum atomic E-state index is 10.6. The summed E-state index contributed by atoms with van der Waals surface area (Å²) < 4.78 is 0. The highest BCUT2D eigenvalue weighted by Crippen LogP contribution is 2.15. The van der Waals surface area contributed by atoms with E-state index in [0.29, 0.717) is 0 Å². The molecule has 0 amide bonds. The summed E-state index contributed by atoms with van der Waals surface area (Å²) in [5.74, 6) is -0.950. The van der Waals surface area contributed by atoms with Gasteiger partial charge < -0.3 is 5.11 Å². The van der Waals surface area contributed by atoms with E-state index in [1.165, 1.54) is 16.2 Å². The van der Waals surface area contributed by atoms with Crippen molar-refractivity contribution in [3.05, 3.63) is 38.5 Å². The van der Waals surface area contributed by atoms with Crippen LogP contribution in [0.3, 0.4) is 0 Å². The Balaban J connectivity index is 1.96. The van der Waals surface area contributed by atoms with Crippen molar-refractivity contribution in [1.82, 2.24) is 4.98 Å². The summed E-state index contributed by atoms with van der Waals surface area (Å²) in [5, 5.41) is 13.2. The zero-order valence-electron chi connectivity index (χ0n) is 7.84. The molecule has 2 aromatic heterocycles. The Bertz CT molecular complexity index is 448. The molecule has 2 rings (SSSR count). The largest absolute Gasteiger partial charge is 0.476 e. The third-order valence-corrected chi connectivity index (χ3v) is 3.78. The van der Waals surface area contributed by atoms with Crippen molar-refractivity contribution in [3.63, 3.8) is 0 Å². The number of carboxylic acid groups (broad SMARTS) is 1. The van der Waals surface area contributed by atoms with Crippen LogP contribution in [-0.2, 0) is 12.8 Å². The van der Waals surface area contributed by atoms with Gasteiger partial charge in [0.25, 0.3) is 0 Å². The van der Waals surface area contributed by atoms with Gasteiger partial charge >= 0.3 is 5.97 Å². The van der Waals surface area contributed by atoms with Crippen LogP contribution >= 0.6 is 22.7 Å². The number of aromatic nitrogens is 1. The molecule has 0 aliphatic rings. The van der Waals surface area contributed by atoms with E-state index in [4.69, 9.17) is 5.11 Å². The summed E-state index contributed by atoms with van der Waals surface area (Å²) in [7, 11) is 0. The summed E-state index contributed by atoms with van der Waals surface area (Å²) >= 11 is 3.13. The highest BCUT2D eigenvalue weighted by atomic mass is 32.1. The van der Waals surface area contributed by atoms with Gasteiger partial charge in [0.05, 0.1) is 5.01 Å². The predicted molar refractivity (Wildman–Crippen MR) is 60.8 cm³/mol. The Kier molecular flexibility index (Phi) is 3.13. The van der Waals surface area contributed by atoms with Crippen molar-refractivity contribution in [2.24, 2.45) is 0 Å². The summed E-state index contributed by atoms with van der Waals surface area (Å²) in [4.78, 5) is 15.9. The van der Waals surface area contributed by atoms with E-state index < -0.39 is 5.97 Å². The first-order valence-electron chi connectivity index (χ1n) is 4.46. The lowest BCUT2D eigenvalue weighted by atomic mass is 10.3. The predicted octanol–water partition coefficient (Wildman–Crippen LogP) is 2.69. The quantitative estimate of drug-likeness (QED) is 0.892. The lowest BCUT2D eigenvalue weighted by Gasteiger charge is -1.92. The average molecular weight is 239 g/mol. The molecule has 0 saturated heterocycles. The molecule has 1 N–H and O–H groups in total. The third kappa shape index (κ3) is 2.64. The lowest BCUT2D eigenvalue weighted by molar-refractivity contribution is 0.0691. The molecule has 0 aromatic carbocycles. The molecule has 15 heavy (non-hydrogen) atoms. The van der Waals surface area contributed by atoms with E-state index in [-0.39, 0.29) is 5.69 Å². The molecule has 0 atom stereocenters. The van der Waals surface area contributed by atoms with Gasteiger partial charge in [-0.15, -0.1) is 22.7 Å². The van der Waals surface area contributed by atoms with Crippen LogP contribution in [0.15, 0.2) is 22.9 Å². The molecular formula is C10H9NO2S2. The number of thiazole rings is 1. The van der Waals surface area contributed by atoms with Gasteiger partial charge in [0, 0.05) is 16.7 Å². The third-order valence-electron chi connectivity index (χ3n) is 1.94. The van der Waals surface area contributed by atoms with E-state index >= 15 is 0 Å². The molecule has 5 heteroatoms. The van der Waals surface area contributed by atoms with Crippen molar-refractivity contribution in [3.8, 4) is 0 Å². The minimum absolute atomic E-state index is 0.154. The smallest absolute Gasteiger partial charge is 0.355 e. The van der Waals surface area contributed by atoms with E-state index in [0.717, 1.165) is 17.8 Å². The van der Waals surface area contributed by atoms with Crippen LogP contribution in [0, 0.1) is 0 Å². The monoisotopic (exact) mass is 239 g/mol. The average Bonchev–Trinajstić information content (AvgIpc) is 2.86. The molecule has 0 unspecified atom stereocenters. The second-order valence-electron chi connectivity index (χ2n) is 3.01. The van der Waals surface area contributed by atoms with E-state index in [2.05, 4.69) is 11.1 Å². The molecule has 0 aliphatic heterocycles. The summed E-state index contributed by atoms with van der Waals surface area (Å²) in [6.45, 7) is 0. The van der Waals surface area contributed by atoms with Gasteiger partial charge in [-0.2, -0.15) is 0 Å². The molecule has 0 fully saturated rings. The van der Waals surface area contributed by atoms with Crippen LogP contribution in [0.5, 0.6) is 0 Å².